The Kier molecular flexibility index (Phi) is 3.61. The summed E-state index contributed by atoms with van der Waals surface area (Å²) in [6, 6.07) is 4.60. The van der Waals surface area contributed by atoms with Gasteiger partial charge in [-0.25, -0.2) is 9.07 Å². The van der Waals surface area contributed by atoms with Crippen molar-refractivity contribution in [2.75, 3.05) is 5.73 Å². The predicted molar refractivity (Wildman–Crippen MR) is 78.8 cm³/mol. The molecule has 0 unspecified atom stereocenters. The van der Waals surface area contributed by atoms with Gasteiger partial charge in [0.25, 0.3) is 0 Å². The largest absolute Gasteiger partial charge is 0.399 e. The molecular weight excluding hydrogens is 269 g/mol. The highest BCUT2D eigenvalue weighted by Crippen LogP contribution is 2.37. The van der Waals surface area contributed by atoms with Crippen LogP contribution in [0.25, 0.3) is 11.4 Å². The number of hydrogen-bond donors (Lipinski definition) is 1. The molecule has 2 N–H and O–H groups in total. The Labute approximate surface area is 123 Å². The van der Waals surface area contributed by atoms with Gasteiger partial charge >= 0.3 is 0 Å². The summed E-state index contributed by atoms with van der Waals surface area (Å²) >= 11 is 0. The van der Waals surface area contributed by atoms with Crippen molar-refractivity contribution in [2.24, 2.45) is 5.41 Å². The zero-order valence-electron chi connectivity index (χ0n) is 12.2. The highest BCUT2D eigenvalue weighted by Gasteiger charge is 2.29. The molecule has 0 bridgehead atoms. The average Bonchev–Trinajstić information content (AvgIpc) is 2.87. The van der Waals surface area contributed by atoms with Gasteiger partial charge in [0.2, 0.25) is 0 Å². The van der Waals surface area contributed by atoms with Crippen molar-refractivity contribution in [1.29, 1.82) is 0 Å². The number of hydrogen-bond acceptors (Lipinski definition) is 4. The van der Waals surface area contributed by atoms with E-state index in [9.17, 15) is 4.39 Å². The standard InChI is InChI=1S/C15H20FN5/c1-15(7-3-2-4-8-15)10-21-14(18-19-20-21)12-6-5-11(17)9-13(12)16/h5-6,9H,2-4,7-8,10,17H2,1H3. The molecule has 2 aromatic rings. The summed E-state index contributed by atoms with van der Waals surface area (Å²) in [6.07, 6.45) is 6.10. The zero-order chi connectivity index (χ0) is 14.9. The van der Waals surface area contributed by atoms with E-state index in [0.29, 0.717) is 17.1 Å². The van der Waals surface area contributed by atoms with Crippen molar-refractivity contribution >= 4 is 5.69 Å². The van der Waals surface area contributed by atoms with Crippen molar-refractivity contribution in [3.05, 3.63) is 24.0 Å². The van der Waals surface area contributed by atoms with Crippen LogP contribution < -0.4 is 5.73 Å². The number of benzene rings is 1. The lowest BCUT2D eigenvalue weighted by molar-refractivity contribution is 0.175. The molecule has 1 fully saturated rings. The first-order valence-corrected chi connectivity index (χ1v) is 7.39. The van der Waals surface area contributed by atoms with Crippen LogP contribution in [0.4, 0.5) is 10.1 Å². The maximum Gasteiger partial charge on any atom is 0.184 e. The van der Waals surface area contributed by atoms with Crippen LogP contribution >= 0.6 is 0 Å². The maximum absolute atomic E-state index is 14.1. The van der Waals surface area contributed by atoms with Crippen LogP contribution in [-0.4, -0.2) is 20.2 Å². The highest BCUT2D eigenvalue weighted by molar-refractivity contribution is 5.59. The fourth-order valence-corrected chi connectivity index (χ4v) is 3.14. The van der Waals surface area contributed by atoms with Gasteiger partial charge < -0.3 is 5.73 Å². The molecule has 3 rings (SSSR count). The third-order valence-corrected chi connectivity index (χ3v) is 4.36. The van der Waals surface area contributed by atoms with Crippen molar-refractivity contribution in [2.45, 2.75) is 45.6 Å². The van der Waals surface area contributed by atoms with Crippen LogP contribution in [0.3, 0.4) is 0 Å². The van der Waals surface area contributed by atoms with Gasteiger partial charge in [-0.1, -0.05) is 26.2 Å². The first-order valence-electron chi connectivity index (χ1n) is 7.39. The van der Waals surface area contributed by atoms with E-state index in [1.54, 1.807) is 16.8 Å². The zero-order valence-corrected chi connectivity index (χ0v) is 12.2. The number of halogens is 1. The monoisotopic (exact) mass is 289 g/mol. The molecule has 1 heterocycles. The number of nitrogens with zero attached hydrogens (tertiary/aromatic N) is 4. The third kappa shape index (κ3) is 2.89. The minimum atomic E-state index is -0.389. The third-order valence-electron chi connectivity index (χ3n) is 4.36. The van der Waals surface area contributed by atoms with E-state index in [2.05, 4.69) is 22.4 Å². The normalized spacial score (nSPS) is 17.8. The molecule has 1 aromatic carbocycles. The molecular formula is C15H20FN5. The van der Waals surface area contributed by atoms with E-state index in [1.807, 2.05) is 0 Å². The number of anilines is 1. The topological polar surface area (TPSA) is 69.6 Å². The highest BCUT2D eigenvalue weighted by atomic mass is 19.1. The van der Waals surface area contributed by atoms with Gasteiger partial charge in [-0.3, -0.25) is 0 Å². The average molecular weight is 289 g/mol. The molecule has 1 saturated carbocycles. The quantitative estimate of drug-likeness (QED) is 0.882. The molecule has 0 saturated heterocycles. The Morgan fingerprint density at radius 3 is 2.76 bits per heavy atom. The number of aromatic nitrogens is 4. The number of nitrogen functional groups attached to an aromatic ring is 1. The second kappa shape index (κ2) is 5.42. The summed E-state index contributed by atoms with van der Waals surface area (Å²) in [7, 11) is 0. The molecule has 0 radical (unpaired) electrons. The van der Waals surface area contributed by atoms with Crippen molar-refractivity contribution in [3.63, 3.8) is 0 Å². The lowest BCUT2D eigenvalue weighted by Crippen LogP contribution is -2.27. The summed E-state index contributed by atoms with van der Waals surface area (Å²) in [5, 5.41) is 11.8. The first-order chi connectivity index (χ1) is 10.1. The summed E-state index contributed by atoms with van der Waals surface area (Å²) in [5.74, 6) is 0.0825. The minimum Gasteiger partial charge on any atom is -0.399 e. The van der Waals surface area contributed by atoms with E-state index in [4.69, 9.17) is 5.73 Å². The summed E-state index contributed by atoms with van der Waals surface area (Å²) in [4.78, 5) is 0. The van der Waals surface area contributed by atoms with Gasteiger partial charge in [0.05, 0.1) is 12.1 Å². The van der Waals surface area contributed by atoms with Crippen LogP contribution in [-0.2, 0) is 6.54 Å². The molecule has 1 aliphatic rings. The van der Waals surface area contributed by atoms with Crippen LogP contribution in [0.15, 0.2) is 18.2 Å². The van der Waals surface area contributed by atoms with Crippen molar-refractivity contribution in [1.82, 2.24) is 20.2 Å². The second-order valence-electron chi connectivity index (χ2n) is 6.27. The van der Waals surface area contributed by atoms with Gasteiger partial charge in [0, 0.05) is 5.69 Å². The maximum atomic E-state index is 14.1. The van der Waals surface area contributed by atoms with Gasteiger partial charge in [-0.15, -0.1) is 5.10 Å². The van der Waals surface area contributed by atoms with Crippen molar-refractivity contribution < 1.29 is 4.39 Å². The van der Waals surface area contributed by atoms with Gasteiger partial charge in [-0.05, 0) is 46.9 Å². The van der Waals surface area contributed by atoms with Crippen LogP contribution in [0, 0.1) is 11.2 Å². The van der Waals surface area contributed by atoms with E-state index >= 15 is 0 Å². The smallest absolute Gasteiger partial charge is 0.184 e. The lowest BCUT2D eigenvalue weighted by atomic mass is 9.76. The molecule has 1 aromatic heterocycles. The molecule has 5 nitrogen and oxygen atoms in total. The second-order valence-corrected chi connectivity index (χ2v) is 6.27. The predicted octanol–water partition coefficient (Wildman–Crippen LogP) is 3.03. The first kappa shape index (κ1) is 14.0. The molecule has 112 valence electrons. The van der Waals surface area contributed by atoms with Crippen LogP contribution in [0.2, 0.25) is 0 Å². The number of tetrazole rings is 1. The van der Waals surface area contributed by atoms with E-state index in [1.165, 1.54) is 25.3 Å². The number of rotatable bonds is 3. The molecule has 0 aliphatic heterocycles. The van der Waals surface area contributed by atoms with Gasteiger partial charge in [0.1, 0.15) is 5.82 Å². The number of nitrogens with two attached hydrogens (primary N) is 1. The Bertz CT molecular complexity index is 631. The Morgan fingerprint density at radius 2 is 2.05 bits per heavy atom. The summed E-state index contributed by atoms with van der Waals surface area (Å²) in [6.45, 7) is 2.98. The Balaban J connectivity index is 1.90. The van der Waals surface area contributed by atoms with Crippen LogP contribution in [0.5, 0.6) is 0 Å². The Hall–Kier alpha value is -1.98. The fraction of sp³-hybridized carbons (Fsp3) is 0.533. The van der Waals surface area contributed by atoms with E-state index in [0.717, 1.165) is 19.4 Å². The van der Waals surface area contributed by atoms with E-state index < -0.39 is 0 Å². The molecule has 0 atom stereocenters. The molecule has 1 aliphatic carbocycles. The van der Waals surface area contributed by atoms with Gasteiger partial charge in [-0.2, -0.15) is 0 Å². The minimum absolute atomic E-state index is 0.187. The van der Waals surface area contributed by atoms with Crippen molar-refractivity contribution in [3.8, 4) is 11.4 Å². The lowest BCUT2D eigenvalue weighted by Gasteiger charge is -2.33. The Morgan fingerprint density at radius 1 is 1.29 bits per heavy atom. The summed E-state index contributed by atoms with van der Waals surface area (Å²) in [5.41, 5.74) is 6.57. The molecule has 21 heavy (non-hydrogen) atoms. The van der Waals surface area contributed by atoms with Crippen LogP contribution in [0.1, 0.15) is 39.0 Å². The molecule has 6 heteroatoms. The van der Waals surface area contributed by atoms with Gasteiger partial charge in [0.15, 0.2) is 5.82 Å². The summed E-state index contributed by atoms with van der Waals surface area (Å²) < 4.78 is 15.8. The SMILES string of the molecule is CC1(Cn2nnnc2-c2ccc(N)cc2F)CCCCC1. The molecule has 0 amide bonds. The molecule has 0 spiro atoms. The van der Waals surface area contributed by atoms with E-state index in [-0.39, 0.29) is 11.2 Å². The fourth-order valence-electron chi connectivity index (χ4n) is 3.14.